The summed E-state index contributed by atoms with van der Waals surface area (Å²) < 4.78 is 0. The van der Waals surface area contributed by atoms with Crippen molar-refractivity contribution in [2.24, 2.45) is 0 Å². The van der Waals surface area contributed by atoms with E-state index in [4.69, 9.17) is 5.73 Å². The molecule has 0 aliphatic carbocycles. The summed E-state index contributed by atoms with van der Waals surface area (Å²) in [6.45, 7) is 5.40. The molecule has 4 heteroatoms. The number of nitrogen functional groups attached to an aromatic ring is 1. The molecule has 1 heterocycles. The summed E-state index contributed by atoms with van der Waals surface area (Å²) in [4.78, 5) is 18.9. The van der Waals surface area contributed by atoms with Gasteiger partial charge in [0.25, 0.3) is 0 Å². The molecule has 1 aromatic rings. The molecule has 70 valence electrons. The van der Waals surface area contributed by atoms with Gasteiger partial charge in [-0.15, -0.1) is 0 Å². The van der Waals surface area contributed by atoms with Gasteiger partial charge in [0, 0.05) is 6.92 Å². The summed E-state index contributed by atoms with van der Waals surface area (Å²) in [5, 5.41) is 0. The van der Waals surface area contributed by atoms with E-state index in [-0.39, 0.29) is 11.7 Å². The number of carbonyl (C=O) groups excluding carboxylic acids is 1. The highest BCUT2D eigenvalue weighted by molar-refractivity contribution is 5.97. The van der Waals surface area contributed by atoms with Crippen molar-refractivity contribution in [2.45, 2.75) is 26.7 Å². The minimum atomic E-state index is -0.123. The Balaban J connectivity index is 3.26. The number of nitrogens with two attached hydrogens (primary N) is 1. The molecule has 2 N–H and O–H groups in total. The molecular weight excluding hydrogens is 166 g/mol. The first kappa shape index (κ1) is 9.64. The molecular formula is C9H13N3O. The molecule has 0 fully saturated rings. The number of hydrogen-bond acceptors (Lipinski definition) is 4. The first-order valence-electron chi connectivity index (χ1n) is 4.15. The van der Waals surface area contributed by atoms with Crippen LogP contribution in [0, 0.1) is 0 Å². The molecule has 0 saturated carbocycles. The lowest BCUT2D eigenvalue weighted by Gasteiger charge is -2.09. The lowest BCUT2D eigenvalue weighted by Crippen LogP contribution is -2.09. The van der Waals surface area contributed by atoms with Gasteiger partial charge in [-0.2, -0.15) is 0 Å². The summed E-state index contributed by atoms with van der Waals surface area (Å²) in [5.74, 6) is 0.0860. The number of anilines is 1. The topological polar surface area (TPSA) is 68.9 Å². The number of nitrogens with zero attached hydrogens (tertiary/aromatic N) is 2. The number of Topliss-reactive ketones (excluding diaryl/α,β-unsaturated/α-hetero) is 1. The summed E-state index contributed by atoms with van der Waals surface area (Å²) in [5.41, 5.74) is 7.20. The van der Waals surface area contributed by atoms with E-state index in [0.29, 0.717) is 11.4 Å². The van der Waals surface area contributed by atoms with Gasteiger partial charge in [0.05, 0.1) is 11.4 Å². The normalized spacial score (nSPS) is 10.5. The lowest BCUT2D eigenvalue weighted by atomic mass is 10.1. The number of aromatic nitrogens is 2. The van der Waals surface area contributed by atoms with E-state index in [9.17, 15) is 4.79 Å². The van der Waals surface area contributed by atoms with Crippen LogP contribution in [0.4, 0.5) is 5.69 Å². The molecule has 0 unspecified atom stereocenters. The van der Waals surface area contributed by atoms with Gasteiger partial charge in [-0.3, -0.25) is 4.79 Å². The van der Waals surface area contributed by atoms with Crippen LogP contribution in [0.5, 0.6) is 0 Å². The molecule has 0 aliphatic rings. The fraction of sp³-hybridized carbons (Fsp3) is 0.444. The van der Waals surface area contributed by atoms with Gasteiger partial charge in [0.15, 0.2) is 5.78 Å². The van der Waals surface area contributed by atoms with Gasteiger partial charge in [0.2, 0.25) is 0 Å². The Kier molecular flexibility index (Phi) is 2.60. The van der Waals surface area contributed by atoms with Crippen LogP contribution < -0.4 is 5.73 Å². The predicted molar refractivity (Wildman–Crippen MR) is 50.5 cm³/mol. The van der Waals surface area contributed by atoms with E-state index < -0.39 is 0 Å². The van der Waals surface area contributed by atoms with Crippen LogP contribution in [0.1, 0.15) is 42.9 Å². The quantitative estimate of drug-likeness (QED) is 0.696. The minimum Gasteiger partial charge on any atom is -0.395 e. The Morgan fingerprint density at radius 1 is 1.46 bits per heavy atom. The zero-order valence-electron chi connectivity index (χ0n) is 8.03. The Morgan fingerprint density at radius 3 is 2.54 bits per heavy atom. The van der Waals surface area contributed by atoms with Crippen LogP contribution in [0.25, 0.3) is 0 Å². The first-order valence-corrected chi connectivity index (χ1v) is 4.15. The highest BCUT2D eigenvalue weighted by Crippen LogP contribution is 2.20. The molecule has 1 rings (SSSR count). The summed E-state index contributed by atoms with van der Waals surface area (Å²) in [6.07, 6.45) is 1.38. The van der Waals surface area contributed by atoms with Crippen molar-refractivity contribution in [1.82, 2.24) is 9.97 Å². The van der Waals surface area contributed by atoms with Crippen molar-refractivity contribution in [3.63, 3.8) is 0 Å². The molecule has 0 bridgehead atoms. The van der Waals surface area contributed by atoms with E-state index >= 15 is 0 Å². The average Bonchev–Trinajstić information content (AvgIpc) is 2.03. The fourth-order valence-electron chi connectivity index (χ4n) is 1.15. The number of hydrogen-bond donors (Lipinski definition) is 1. The third-order valence-corrected chi connectivity index (χ3v) is 1.80. The van der Waals surface area contributed by atoms with Gasteiger partial charge >= 0.3 is 0 Å². The van der Waals surface area contributed by atoms with Crippen molar-refractivity contribution < 1.29 is 4.79 Å². The van der Waals surface area contributed by atoms with Gasteiger partial charge in [-0.1, -0.05) is 13.8 Å². The highest BCUT2D eigenvalue weighted by atomic mass is 16.1. The molecule has 1 aromatic heterocycles. The fourth-order valence-corrected chi connectivity index (χ4v) is 1.15. The van der Waals surface area contributed by atoms with Crippen LogP contribution in [0.3, 0.4) is 0 Å². The van der Waals surface area contributed by atoms with E-state index in [1.807, 2.05) is 13.8 Å². The lowest BCUT2D eigenvalue weighted by molar-refractivity contribution is 0.101. The van der Waals surface area contributed by atoms with E-state index in [2.05, 4.69) is 9.97 Å². The molecule has 0 aromatic carbocycles. The maximum Gasteiger partial charge on any atom is 0.180 e. The van der Waals surface area contributed by atoms with Crippen LogP contribution >= 0.6 is 0 Å². The van der Waals surface area contributed by atoms with Crippen LogP contribution in [0.15, 0.2) is 6.33 Å². The van der Waals surface area contributed by atoms with Crippen LogP contribution in [0.2, 0.25) is 0 Å². The third-order valence-electron chi connectivity index (χ3n) is 1.80. The van der Waals surface area contributed by atoms with Crippen LogP contribution in [-0.4, -0.2) is 15.8 Å². The third kappa shape index (κ3) is 1.83. The molecule has 0 atom stereocenters. The number of ketones is 1. The molecule has 0 aliphatic heterocycles. The molecule has 13 heavy (non-hydrogen) atoms. The van der Waals surface area contributed by atoms with Gasteiger partial charge in [-0.05, 0) is 5.92 Å². The van der Waals surface area contributed by atoms with E-state index in [1.165, 1.54) is 13.3 Å². The van der Waals surface area contributed by atoms with Crippen molar-refractivity contribution in [3.05, 3.63) is 17.7 Å². The van der Waals surface area contributed by atoms with Crippen molar-refractivity contribution in [1.29, 1.82) is 0 Å². The van der Waals surface area contributed by atoms with Gasteiger partial charge in [0.1, 0.15) is 12.0 Å². The SMILES string of the molecule is CC(=O)c1ncnc(C(C)C)c1N. The molecule has 0 radical (unpaired) electrons. The average molecular weight is 179 g/mol. The zero-order valence-corrected chi connectivity index (χ0v) is 8.03. The largest absolute Gasteiger partial charge is 0.395 e. The predicted octanol–water partition coefficient (Wildman–Crippen LogP) is 1.38. The Hall–Kier alpha value is -1.45. The molecule has 4 nitrogen and oxygen atoms in total. The Morgan fingerprint density at radius 2 is 2.08 bits per heavy atom. The Bertz CT molecular complexity index is 334. The molecule has 0 amide bonds. The van der Waals surface area contributed by atoms with E-state index in [0.717, 1.165) is 5.69 Å². The maximum absolute atomic E-state index is 11.1. The maximum atomic E-state index is 11.1. The standard InChI is InChI=1S/C9H13N3O/c1-5(2)8-7(10)9(6(3)13)12-4-11-8/h4-5H,10H2,1-3H3. The smallest absolute Gasteiger partial charge is 0.180 e. The second-order valence-corrected chi connectivity index (χ2v) is 3.23. The summed E-state index contributed by atoms with van der Waals surface area (Å²) in [6, 6.07) is 0. The Labute approximate surface area is 77.2 Å². The summed E-state index contributed by atoms with van der Waals surface area (Å²) >= 11 is 0. The first-order chi connectivity index (χ1) is 6.04. The molecule has 0 saturated heterocycles. The zero-order chi connectivity index (χ0) is 10.0. The van der Waals surface area contributed by atoms with Crippen LogP contribution in [-0.2, 0) is 0 Å². The number of carbonyl (C=O) groups is 1. The van der Waals surface area contributed by atoms with Gasteiger partial charge in [-0.25, -0.2) is 9.97 Å². The molecule has 0 spiro atoms. The highest BCUT2D eigenvalue weighted by Gasteiger charge is 2.13. The minimum absolute atomic E-state index is 0.123. The monoisotopic (exact) mass is 179 g/mol. The second-order valence-electron chi connectivity index (χ2n) is 3.23. The van der Waals surface area contributed by atoms with Crippen molar-refractivity contribution >= 4 is 11.5 Å². The van der Waals surface area contributed by atoms with Gasteiger partial charge < -0.3 is 5.73 Å². The van der Waals surface area contributed by atoms with E-state index in [1.54, 1.807) is 0 Å². The van der Waals surface area contributed by atoms with Crippen molar-refractivity contribution in [3.8, 4) is 0 Å². The van der Waals surface area contributed by atoms with Crippen molar-refractivity contribution in [2.75, 3.05) is 5.73 Å². The number of rotatable bonds is 2. The summed E-state index contributed by atoms with van der Waals surface area (Å²) in [7, 11) is 0. The second kappa shape index (κ2) is 3.51.